The molecule has 0 unspecified atom stereocenters. The summed E-state index contributed by atoms with van der Waals surface area (Å²) in [6.45, 7) is 3.76. The summed E-state index contributed by atoms with van der Waals surface area (Å²) < 4.78 is 20.3. The highest BCUT2D eigenvalue weighted by Crippen LogP contribution is 2.25. The van der Waals surface area contributed by atoms with Gasteiger partial charge in [0.2, 0.25) is 0 Å². The summed E-state index contributed by atoms with van der Waals surface area (Å²) in [7, 11) is 1.56. The Labute approximate surface area is 151 Å². The Morgan fingerprint density at radius 3 is 2.58 bits per heavy atom. The lowest BCUT2D eigenvalue weighted by Crippen LogP contribution is -2.26. The molecule has 5 nitrogen and oxygen atoms in total. The van der Waals surface area contributed by atoms with Gasteiger partial charge >= 0.3 is 0 Å². The van der Waals surface area contributed by atoms with E-state index in [-0.39, 0.29) is 17.8 Å². The molecule has 1 aromatic heterocycles. The van der Waals surface area contributed by atoms with E-state index in [1.165, 1.54) is 12.1 Å². The van der Waals surface area contributed by atoms with Crippen LogP contribution in [0.1, 0.15) is 34.6 Å². The third-order valence-corrected chi connectivity index (χ3v) is 4.15. The Morgan fingerprint density at radius 2 is 1.96 bits per heavy atom. The smallest absolute Gasteiger partial charge is 0.251 e. The van der Waals surface area contributed by atoms with E-state index in [9.17, 15) is 9.18 Å². The number of methoxy groups -OCH3 is 1. The molecule has 0 fully saturated rings. The molecule has 1 N–H and O–H groups in total. The number of carbonyl (C=O) groups is 1. The Balaban J connectivity index is 1.80. The van der Waals surface area contributed by atoms with Crippen molar-refractivity contribution in [2.24, 2.45) is 0 Å². The minimum Gasteiger partial charge on any atom is -0.495 e. The van der Waals surface area contributed by atoms with E-state index in [4.69, 9.17) is 4.74 Å². The van der Waals surface area contributed by atoms with Gasteiger partial charge in [0.15, 0.2) is 0 Å². The molecule has 3 aromatic rings. The first-order valence-corrected chi connectivity index (χ1v) is 8.23. The van der Waals surface area contributed by atoms with Gasteiger partial charge in [0.1, 0.15) is 11.6 Å². The van der Waals surface area contributed by atoms with E-state index in [0.717, 1.165) is 16.9 Å². The Bertz CT molecular complexity index is 919. The molecular formula is C20H20FN3O2. The monoisotopic (exact) mass is 353 g/mol. The number of aromatic nitrogens is 2. The van der Waals surface area contributed by atoms with Crippen LogP contribution in [0.5, 0.6) is 5.75 Å². The van der Waals surface area contributed by atoms with Crippen molar-refractivity contribution in [1.29, 1.82) is 0 Å². The minimum absolute atomic E-state index is 0.228. The van der Waals surface area contributed by atoms with Crippen LogP contribution in [0, 0.1) is 12.7 Å². The maximum absolute atomic E-state index is 13.0. The van der Waals surface area contributed by atoms with Crippen molar-refractivity contribution in [3.8, 4) is 11.4 Å². The number of benzene rings is 2. The fourth-order valence-corrected chi connectivity index (χ4v) is 2.70. The van der Waals surface area contributed by atoms with Crippen molar-refractivity contribution < 1.29 is 13.9 Å². The van der Waals surface area contributed by atoms with Crippen molar-refractivity contribution in [2.75, 3.05) is 7.11 Å². The fraction of sp³-hybridized carbons (Fsp3) is 0.200. The molecular weight excluding hydrogens is 333 g/mol. The first kappa shape index (κ1) is 17.7. The Morgan fingerprint density at radius 1 is 1.23 bits per heavy atom. The predicted octanol–water partition coefficient (Wildman–Crippen LogP) is 3.82. The summed E-state index contributed by atoms with van der Waals surface area (Å²) in [6.07, 6.45) is 3.58. The molecule has 0 aliphatic heterocycles. The number of amides is 1. The second-order valence-electron chi connectivity index (χ2n) is 6.06. The molecule has 134 valence electrons. The van der Waals surface area contributed by atoms with Crippen LogP contribution in [-0.4, -0.2) is 22.6 Å². The lowest BCUT2D eigenvalue weighted by molar-refractivity contribution is 0.0939. The van der Waals surface area contributed by atoms with Gasteiger partial charge < -0.3 is 14.6 Å². The van der Waals surface area contributed by atoms with E-state index >= 15 is 0 Å². The number of imidazole rings is 1. The molecule has 6 heteroatoms. The summed E-state index contributed by atoms with van der Waals surface area (Å²) in [5.41, 5.74) is 3.01. The van der Waals surface area contributed by atoms with Gasteiger partial charge in [0.05, 0.1) is 30.9 Å². The van der Waals surface area contributed by atoms with E-state index in [0.29, 0.717) is 11.3 Å². The van der Waals surface area contributed by atoms with Crippen molar-refractivity contribution in [3.05, 3.63) is 77.6 Å². The molecule has 1 heterocycles. The Hall–Kier alpha value is -3.15. The summed E-state index contributed by atoms with van der Waals surface area (Å²) in [5.74, 6) is 0.0420. The summed E-state index contributed by atoms with van der Waals surface area (Å²) in [5, 5.41) is 2.91. The van der Waals surface area contributed by atoms with E-state index in [1.807, 2.05) is 30.7 Å². The molecule has 0 radical (unpaired) electrons. The molecule has 0 aliphatic carbocycles. The van der Waals surface area contributed by atoms with Crippen LogP contribution in [0.25, 0.3) is 5.69 Å². The quantitative estimate of drug-likeness (QED) is 0.759. The first-order valence-electron chi connectivity index (χ1n) is 8.23. The number of aryl methyl sites for hydroxylation is 1. The highest BCUT2D eigenvalue weighted by molar-refractivity contribution is 5.95. The van der Waals surface area contributed by atoms with Crippen LogP contribution in [0.15, 0.2) is 55.0 Å². The van der Waals surface area contributed by atoms with Gasteiger partial charge in [-0.05, 0) is 49.7 Å². The predicted molar refractivity (Wildman–Crippen MR) is 97.1 cm³/mol. The lowest BCUT2D eigenvalue weighted by atomic mass is 10.1. The van der Waals surface area contributed by atoms with Crippen LogP contribution in [0.2, 0.25) is 0 Å². The maximum Gasteiger partial charge on any atom is 0.251 e. The van der Waals surface area contributed by atoms with Crippen LogP contribution in [0.3, 0.4) is 0 Å². The number of carbonyl (C=O) groups excluding carboxylic acids is 1. The van der Waals surface area contributed by atoms with Gasteiger partial charge in [-0.1, -0.05) is 12.1 Å². The first-order chi connectivity index (χ1) is 12.5. The summed E-state index contributed by atoms with van der Waals surface area (Å²) in [6, 6.07) is 11.1. The second-order valence-corrected chi connectivity index (χ2v) is 6.06. The van der Waals surface area contributed by atoms with Crippen molar-refractivity contribution in [3.63, 3.8) is 0 Å². The third kappa shape index (κ3) is 3.74. The van der Waals surface area contributed by atoms with Gasteiger partial charge in [-0.15, -0.1) is 0 Å². The topological polar surface area (TPSA) is 56.1 Å². The molecule has 0 aliphatic rings. The second kappa shape index (κ2) is 7.39. The average molecular weight is 353 g/mol. The molecule has 0 bridgehead atoms. The molecule has 2 aromatic carbocycles. The van der Waals surface area contributed by atoms with E-state index in [1.54, 1.807) is 37.7 Å². The number of nitrogens with zero attached hydrogens (tertiary/aromatic N) is 2. The van der Waals surface area contributed by atoms with Crippen LogP contribution < -0.4 is 10.1 Å². The summed E-state index contributed by atoms with van der Waals surface area (Å²) >= 11 is 0. The van der Waals surface area contributed by atoms with Crippen LogP contribution >= 0.6 is 0 Å². The highest BCUT2D eigenvalue weighted by atomic mass is 19.1. The number of halogens is 1. The van der Waals surface area contributed by atoms with Gasteiger partial charge in [-0.25, -0.2) is 9.37 Å². The molecule has 0 saturated carbocycles. The number of hydrogen-bond acceptors (Lipinski definition) is 3. The van der Waals surface area contributed by atoms with Crippen molar-refractivity contribution in [2.45, 2.75) is 19.9 Å². The zero-order valence-electron chi connectivity index (χ0n) is 14.9. The van der Waals surface area contributed by atoms with Gasteiger partial charge in [-0.2, -0.15) is 0 Å². The number of ether oxygens (including phenoxy) is 1. The van der Waals surface area contributed by atoms with E-state index < -0.39 is 0 Å². The van der Waals surface area contributed by atoms with Crippen LogP contribution in [0.4, 0.5) is 4.39 Å². The zero-order valence-corrected chi connectivity index (χ0v) is 14.9. The standard InChI is InChI=1S/C20H20FN3O2/c1-13-11-24(12-22-13)18-9-6-16(10-19(18)26-3)20(25)23-14(2)15-4-7-17(21)8-5-15/h4-12,14H,1-3H3,(H,23,25)/t14-/m0/s1. The number of hydrogen-bond donors (Lipinski definition) is 1. The molecule has 3 rings (SSSR count). The molecule has 0 spiro atoms. The van der Waals surface area contributed by atoms with Crippen molar-refractivity contribution in [1.82, 2.24) is 14.9 Å². The normalized spacial score (nSPS) is 11.8. The maximum atomic E-state index is 13.0. The highest BCUT2D eigenvalue weighted by Gasteiger charge is 2.15. The third-order valence-electron chi connectivity index (χ3n) is 4.15. The van der Waals surface area contributed by atoms with Gasteiger partial charge in [0, 0.05) is 11.8 Å². The molecule has 0 saturated heterocycles. The van der Waals surface area contributed by atoms with Gasteiger partial charge in [0.25, 0.3) is 5.91 Å². The van der Waals surface area contributed by atoms with E-state index in [2.05, 4.69) is 10.3 Å². The zero-order chi connectivity index (χ0) is 18.7. The fourth-order valence-electron chi connectivity index (χ4n) is 2.70. The largest absolute Gasteiger partial charge is 0.495 e. The molecule has 1 atom stereocenters. The number of nitrogens with one attached hydrogen (secondary N) is 1. The SMILES string of the molecule is COc1cc(C(=O)N[C@@H](C)c2ccc(F)cc2)ccc1-n1cnc(C)c1. The van der Waals surface area contributed by atoms with Crippen molar-refractivity contribution >= 4 is 5.91 Å². The summed E-state index contributed by atoms with van der Waals surface area (Å²) in [4.78, 5) is 16.8. The van der Waals surface area contributed by atoms with Gasteiger partial charge in [-0.3, -0.25) is 4.79 Å². The lowest BCUT2D eigenvalue weighted by Gasteiger charge is -2.16. The minimum atomic E-state index is -0.303. The van der Waals surface area contributed by atoms with Crippen LogP contribution in [-0.2, 0) is 0 Å². The molecule has 26 heavy (non-hydrogen) atoms. The number of rotatable bonds is 5. The Kier molecular flexibility index (Phi) is 5.02. The molecule has 1 amide bonds. The average Bonchev–Trinajstić information content (AvgIpc) is 3.07.